The van der Waals surface area contributed by atoms with E-state index in [0.29, 0.717) is 24.9 Å². The Kier molecular flexibility index (Phi) is 5.51. The summed E-state index contributed by atoms with van der Waals surface area (Å²) in [6, 6.07) is 7.28. The summed E-state index contributed by atoms with van der Waals surface area (Å²) in [5.74, 6) is -1.28. The summed E-state index contributed by atoms with van der Waals surface area (Å²) in [6.07, 6.45) is 5.17. The van der Waals surface area contributed by atoms with Crippen LogP contribution in [0.25, 0.3) is 0 Å². The van der Waals surface area contributed by atoms with E-state index in [2.05, 4.69) is 10.4 Å². The Morgan fingerprint density at radius 3 is 2.52 bits per heavy atom. The van der Waals surface area contributed by atoms with Gasteiger partial charge in [-0.2, -0.15) is 5.10 Å². The lowest BCUT2D eigenvalue weighted by atomic mass is 10.0. The molecule has 2 rings (SSSR count). The van der Waals surface area contributed by atoms with Crippen LogP contribution < -0.4 is 5.32 Å². The number of carboxylic acids is 1. The van der Waals surface area contributed by atoms with Crippen molar-refractivity contribution in [2.45, 2.75) is 26.2 Å². The summed E-state index contributed by atoms with van der Waals surface area (Å²) in [7, 11) is 1.84. The first-order valence-electron chi connectivity index (χ1n) is 7.53. The molecule has 122 valence electrons. The summed E-state index contributed by atoms with van der Waals surface area (Å²) in [6.45, 7) is 1.68. The molecule has 6 heteroatoms. The van der Waals surface area contributed by atoms with Crippen LogP contribution in [0.4, 0.5) is 5.69 Å². The van der Waals surface area contributed by atoms with Crippen molar-refractivity contribution in [1.29, 1.82) is 0 Å². The molecule has 0 fully saturated rings. The van der Waals surface area contributed by atoms with Crippen molar-refractivity contribution >= 4 is 17.6 Å². The van der Waals surface area contributed by atoms with E-state index in [9.17, 15) is 9.59 Å². The van der Waals surface area contributed by atoms with Crippen molar-refractivity contribution in [3.05, 3.63) is 47.8 Å². The first-order chi connectivity index (χ1) is 10.9. The predicted molar refractivity (Wildman–Crippen MR) is 87.1 cm³/mol. The van der Waals surface area contributed by atoms with E-state index in [4.69, 9.17) is 5.11 Å². The topological polar surface area (TPSA) is 84.2 Å². The molecule has 0 aliphatic heterocycles. The maximum absolute atomic E-state index is 11.9. The molecule has 1 atom stereocenters. The molecule has 0 aliphatic rings. The molecule has 1 amide bonds. The smallest absolute Gasteiger partial charge is 0.306 e. The summed E-state index contributed by atoms with van der Waals surface area (Å²) in [5, 5.41) is 15.8. The number of nitrogens with zero attached hydrogens (tertiary/aromatic N) is 2. The summed E-state index contributed by atoms with van der Waals surface area (Å²) >= 11 is 0. The first-order valence-corrected chi connectivity index (χ1v) is 7.53. The van der Waals surface area contributed by atoms with Crippen LogP contribution in [0.15, 0.2) is 36.7 Å². The molecular weight excluding hydrogens is 294 g/mol. The van der Waals surface area contributed by atoms with Gasteiger partial charge in [0.15, 0.2) is 0 Å². The molecule has 0 bridgehead atoms. The van der Waals surface area contributed by atoms with Gasteiger partial charge in [0, 0.05) is 25.4 Å². The Hall–Kier alpha value is -2.63. The third-order valence-electron chi connectivity index (χ3n) is 3.60. The van der Waals surface area contributed by atoms with Crippen molar-refractivity contribution in [3.8, 4) is 0 Å². The molecular formula is C17H21N3O3. The van der Waals surface area contributed by atoms with Gasteiger partial charge in [0.05, 0.1) is 12.1 Å². The number of aromatic nitrogens is 2. The Balaban J connectivity index is 1.82. The second-order valence-corrected chi connectivity index (χ2v) is 5.71. The van der Waals surface area contributed by atoms with E-state index in [-0.39, 0.29) is 5.91 Å². The maximum atomic E-state index is 11.9. The van der Waals surface area contributed by atoms with Crippen LogP contribution >= 0.6 is 0 Å². The molecule has 0 spiro atoms. The largest absolute Gasteiger partial charge is 0.481 e. The zero-order valence-corrected chi connectivity index (χ0v) is 13.3. The Labute approximate surface area is 135 Å². The molecule has 0 aliphatic carbocycles. The highest BCUT2D eigenvalue weighted by Crippen LogP contribution is 2.14. The van der Waals surface area contributed by atoms with E-state index in [0.717, 1.165) is 11.1 Å². The van der Waals surface area contributed by atoms with Crippen LogP contribution in [0.2, 0.25) is 0 Å². The van der Waals surface area contributed by atoms with Crippen molar-refractivity contribution in [1.82, 2.24) is 9.78 Å². The number of anilines is 1. The fraction of sp³-hybridized carbons (Fsp3) is 0.353. The van der Waals surface area contributed by atoms with Gasteiger partial charge in [-0.1, -0.05) is 19.1 Å². The number of hydrogen-bond donors (Lipinski definition) is 2. The Bertz CT molecular complexity index is 677. The van der Waals surface area contributed by atoms with Crippen LogP contribution in [0.5, 0.6) is 0 Å². The van der Waals surface area contributed by atoms with Gasteiger partial charge in [-0.15, -0.1) is 0 Å². The molecule has 1 aromatic carbocycles. The quantitative estimate of drug-likeness (QED) is 0.821. The summed E-state index contributed by atoms with van der Waals surface area (Å²) in [4.78, 5) is 22.8. The predicted octanol–water partition coefficient (Wildman–Crippen LogP) is 2.25. The molecule has 2 aromatic rings. The van der Waals surface area contributed by atoms with Gasteiger partial charge in [-0.05, 0) is 36.1 Å². The number of rotatable bonds is 7. The highest BCUT2D eigenvalue weighted by Gasteiger charge is 2.11. The third-order valence-corrected chi connectivity index (χ3v) is 3.60. The minimum Gasteiger partial charge on any atom is -0.481 e. The number of amides is 1. The van der Waals surface area contributed by atoms with Crippen LogP contribution in [0.3, 0.4) is 0 Å². The molecule has 2 N–H and O–H groups in total. The highest BCUT2D eigenvalue weighted by atomic mass is 16.4. The molecule has 23 heavy (non-hydrogen) atoms. The van der Waals surface area contributed by atoms with Crippen LogP contribution in [-0.4, -0.2) is 26.8 Å². The molecule has 1 aromatic heterocycles. The van der Waals surface area contributed by atoms with Gasteiger partial charge >= 0.3 is 5.97 Å². The summed E-state index contributed by atoms with van der Waals surface area (Å²) in [5.41, 5.74) is 2.68. The van der Waals surface area contributed by atoms with Crippen LogP contribution in [0, 0.1) is 5.92 Å². The van der Waals surface area contributed by atoms with E-state index in [1.807, 2.05) is 25.4 Å². The number of benzene rings is 1. The van der Waals surface area contributed by atoms with Crippen molar-refractivity contribution in [2.24, 2.45) is 13.0 Å². The Morgan fingerprint density at radius 2 is 1.96 bits per heavy atom. The average molecular weight is 315 g/mol. The summed E-state index contributed by atoms with van der Waals surface area (Å²) < 4.78 is 1.71. The van der Waals surface area contributed by atoms with Crippen LogP contribution in [-0.2, 0) is 29.5 Å². The minimum absolute atomic E-state index is 0.0551. The number of aliphatic carboxylic acids is 1. The zero-order chi connectivity index (χ0) is 16.8. The number of hydrogen-bond acceptors (Lipinski definition) is 3. The molecule has 1 unspecified atom stereocenters. The maximum Gasteiger partial charge on any atom is 0.306 e. The average Bonchev–Trinajstić information content (AvgIpc) is 2.92. The second kappa shape index (κ2) is 7.58. The van der Waals surface area contributed by atoms with Crippen molar-refractivity contribution in [3.63, 3.8) is 0 Å². The molecule has 0 radical (unpaired) electrons. The number of carbonyl (C=O) groups excluding carboxylic acids is 1. The van der Waals surface area contributed by atoms with Gasteiger partial charge < -0.3 is 10.4 Å². The standard InChI is InChI=1S/C17H21N3O3/c1-12(17(22)23)9-13-3-6-15(7-4-13)19-16(21)8-5-14-10-18-20(2)11-14/h3-4,6-7,10-12H,5,8-9H2,1-2H3,(H,19,21)(H,22,23). The van der Waals surface area contributed by atoms with Crippen molar-refractivity contribution < 1.29 is 14.7 Å². The second-order valence-electron chi connectivity index (χ2n) is 5.71. The van der Waals surface area contributed by atoms with E-state index >= 15 is 0 Å². The lowest BCUT2D eigenvalue weighted by Crippen LogP contribution is -2.13. The van der Waals surface area contributed by atoms with Gasteiger partial charge in [0.25, 0.3) is 0 Å². The normalized spacial score (nSPS) is 11.9. The lowest BCUT2D eigenvalue weighted by molar-refractivity contribution is -0.141. The van der Waals surface area contributed by atoms with Crippen molar-refractivity contribution in [2.75, 3.05) is 5.32 Å². The number of nitrogens with one attached hydrogen (secondary N) is 1. The molecule has 6 nitrogen and oxygen atoms in total. The third kappa shape index (κ3) is 5.25. The van der Waals surface area contributed by atoms with Gasteiger partial charge in [0.1, 0.15) is 0 Å². The van der Waals surface area contributed by atoms with Crippen LogP contribution in [0.1, 0.15) is 24.5 Å². The Morgan fingerprint density at radius 1 is 1.26 bits per heavy atom. The van der Waals surface area contributed by atoms with E-state index in [1.165, 1.54) is 0 Å². The molecule has 1 heterocycles. The van der Waals surface area contributed by atoms with Gasteiger partial charge in [0.2, 0.25) is 5.91 Å². The highest BCUT2D eigenvalue weighted by molar-refractivity contribution is 5.90. The van der Waals surface area contributed by atoms with E-state index < -0.39 is 11.9 Å². The fourth-order valence-corrected chi connectivity index (χ4v) is 2.25. The fourth-order valence-electron chi connectivity index (χ4n) is 2.25. The SMILES string of the molecule is CC(Cc1ccc(NC(=O)CCc2cnn(C)c2)cc1)C(=O)O. The molecule has 0 saturated carbocycles. The van der Waals surface area contributed by atoms with Gasteiger partial charge in [-0.3, -0.25) is 14.3 Å². The van der Waals surface area contributed by atoms with Gasteiger partial charge in [-0.25, -0.2) is 0 Å². The minimum atomic E-state index is -0.808. The molecule has 0 saturated heterocycles. The number of carboxylic acid groups (broad SMARTS) is 1. The first kappa shape index (κ1) is 16.7. The lowest BCUT2D eigenvalue weighted by Gasteiger charge is -2.08. The van der Waals surface area contributed by atoms with E-state index in [1.54, 1.807) is 29.9 Å². The number of aryl methyl sites for hydroxylation is 2. The zero-order valence-electron chi connectivity index (χ0n) is 13.3. The number of carbonyl (C=O) groups is 2. The monoisotopic (exact) mass is 315 g/mol.